The maximum absolute atomic E-state index is 9.29. The molecule has 0 amide bonds. The molecule has 4 nitrogen and oxygen atoms in total. The average Bonchev–Trinajstić information content (AvgIpc) is 2.78. The monoisotopic (exact) mass is 400 g/mol. The lowest BCUT2D eigenvalue weighted by atomic mass is 10.1. The van der Waals surface area contributed by atoms with Crippen molar-refractivity contribution < 1.29 is 9.84 Å². The first-order chi connectivity index (χ1) is 14.7. The Morgan fingerprint density at radius 2 is 1.53 bits per heavy atom. The van der Waals surface area contributed by atoms with E-state index in [9.17, 15) is 5.11 Å². The van der Waals surface area contributed by atoms with Gasteiger partial charge in [-0.2, -0.15) is 0 Å². The summed E-state index contributed by atoms with van der Waals surface area (Å²) in [5.41, 5.74) is 4.85. The number of aromatic nitrogens is 2. The van der Waals surface area contributed by atoms with E-state index in [0.717, 1.165) is 53.1 Å². The minimum absolute atomic E-state index is 0.221. The predicted octanol–water partition coefficient (Wildman–Crippen LogP) is 5.94. The van der Waals surface area contributed by atoms with E-state index in [0.29, 0.717) is 6.61 Å². The lowest BCUT2D eigenvalue weighted by Gasteiger charge is -2.06. The maximum Gasteiger partial charge on any atom is 0.119 e. The molecule has 2 aromatic carbocycles. The maximum atomic E-state index is 9.29. The standard InChI is InChI=1S/C26H28N2O2/c1-3-19-30-24-15-13-23(14-16-24)26-18-17-25(27-28-26)22-11-9-21(10-12-22)8-6-4-5-7-20(2)29/h3,6,8-18,20,29H,1,4-5,7,19H2,2H3/b8-6+. The van der Waals surface area contributed by atoms with Crippen LogP contribution in [0.2, 0.25) is 0 Å². The summed E-state index contributed by atoms with van der Waals surface area (Å²) in [5, 5.41) is 18.1. The van der Waals surface area contributed by atoms with Crippen LogP contribution in [0, 0.1) is 0 Å². The first-order valence-corrected chi connectivity index (χ1v) is 10.3. The summed E-state index contributed by atoms with van der Waals surface area (Å²) in [4.78, 5) is 0. The number of unbranched alkanes of at least 4 members (excludes halogenated alkanes) is 1. The zero-order valence-electron chi connectivity index (χ0n) is 17.4. The molecule has 3 rings (SSSR count). The van der Waals surface area contributed by atoms with E-state index >= 15 is 0 Å². The van der Waals surface area contributed by atoms with Gasteiger partial charge in [0.05, 0.1) is 17.5 Å². The van der Waals surface area contributed by atoms with Crippen molar-refractivity contribution in [3.8, 4) is 28.3 Å². The van der Waals surface area contributed by atoms with Crippen molar-refractivity contribution in [2.24, 2.45) is 0 Å². The molecule has 0 spiro atoms. The highest BCUT2D eigenvalue weighted by molar-refractivity contribution is 5.65. The van der Waals surface area contributed by atoms with Gasteiger partial charge in [-0.1, -0.05) is 49.1 Å². The van der Waals surface area contributed by atoms with Crippen LogP contribution < -0.4 is 4.74 Å². The van der Waals surface area contributed by atoms with E-state index in [1.165, 1.54) is 0 Å². The molecule has 30 heavy (non-hydrogen) atoms. The highest BCUT2D eigenvalue weighted by atomic mass is 16.5. The molecule has 0 saturated carbocycles. The van der Waals surface area contributed by atoms with Crippen LogP contribution in [0.4, 0.5) is 0 Å². The zero-order valence-corrected chi connectivity index (χ0v) is 17.4. The van der Waals surface area contributed by atoms with Gasteiger partial charge in [0, 0.05) is 11.1 Å². The van der Waals surface area contributed by atoms with Gasteiger partial charge in [-0.05, 0) is 68.1 Å². The first-order valence-electron chi connectivity index (χ1n) is 10.3. The number of ether oxygens (including phenoxy) is 1. The van der Waals surface area contributed by atoms with Gasteiger partial charge in [0.2, 0.25) is 0 Å². The summed E-state index contributed by atoms with van der Waals surface area (Å²) < 4.78 is 5.51. The Hall–Kier alpha value is -3.24. The van der Waals surface area contributed by atoms with Gasteiger partial charge in [-0.3, -0.25) is 0 Å². The second-order valence-electron chi connectivity index (χ2n) is 7.23. The van der Waals surface area contributed by atoms with Gasteiger partial charge in [0.15, 0.2) is 0 Å². The van der Waals surface area contributed by atoms with Gasteiger partial charge in [0.25, 0.3) is 0 Å². The second kappa shape index (κ2) is 11.1. The van der Waals surface area contributed by atoms with Gasteiger partial charge in [0.1, 0.15) is 12.4 Å². The van der Waals surface area contributed by atoms with Crippen LogP contribution in [-0.2, 0) is 0 Å². The normalized spacial score (nSPS) is 12.1. The molecular weight excluding hydrogens is 372 g/mol. The number of benzene rings is 2. The number of aliphatic hydroxyl groups is 1. The summed E-state index contributed by atoms with van der Waals surface area (Å²) >= 11 is 0. The Bertz CT molecular complexity index is 944. The summed E-state index contributed by atoms with van der Waals surface area (Å²) in [5.74, 6) is 0.806. The van der Waals surface area contributed by atoms with Gasteiger partial charge in [-0.25, -0.2) is 0 Å². The molecule has 1 atom stereocenters. The lowest BCUT2D eigenvalue weighted by molar-refractivity contribution is 0.182. The van der Waals surface area contributed by atoms with E-state index in [-0.39, 0.29) is 6.10 Å². The Kier molecular flexibility index (Phi) is 7.93. The molecule has 3 aromatic rings. The third kappa shape index (κ3) is 6.39. The Labute approximate surface area is 178 Å². The van der Waals surface area contributed by atoms with Crippen LogP contribution in [0.1, 0.15) is 31.7 Å². The third-order valence-corrected chi connectivity index (χ3v) is 4.69. The molecule has 0 aliphatic heterocycles. The largest absolute Gasteiger partial charge is 0.490 e. The summed E-state index contributed by atoms with van der Waals surface area (Å²) in [7, 11) is 0. The predicted molar refractivity (Wildman–Crippen MR) is 123 cm³/mol. The van der Waals surface area contributed by atoms with E-state index < -0.39 is 0 Å². The third-order valence-electron chi connectivity index (χ3n) is 4.69. The molecule has 1 heterocycles. The van der Waals surface area contributed by atoms with Crippen molar-refractivity contribution in [1.82, 2.24) is 10.2 Å². The zero-order chi connectivity index (χ0) is 21.2. The number of rotatable bonds is 10. The molecule has 1 aromatic heterocycles. The quantitative estimate of drug-likeness (QED) is 0.338. The van der Waals surface area contributed by atoms with Gasteiger partial charge in [-0.15, -0.1) is 10.2 Å². The first kappa shape index (κ1) is 21.5. The van der Waals surface area contributed by atoms with Crippen LogP contribution in [0.5, 0.6) is 5.75 Å². The highest BCUT2D eigenvalue weighted by Crippen LogP contribution is 2.23. The Balaban J connectivity index is 1.60. The second-order valence-corrected chi connectivity index (χ2v) is 7.23. The topological polar surface area (TPSA) is 55.2 Å². The van der Waals surface area contributed by atoms with Gasteiger partial charge < -0.3 is 9.84 Å². The smallest absolute Gasteiger partial charge is 0.119 e. The van der Waals surface area contributed by atoms with Crippen molar-refractivity contribution in [3.05, 3.63) is 85.0 Å². The summed E-state index contributed by atoms with van der Waals surface area (Å²) in [6, 6.07) is 20.1. The van der Waals surface area contributed by atoms with Crippen LogP contribution in [0.3, 0.4) is 0 Å². The van der Waals surface area contributed by atoms with Crippen LogP contribution in [0.25, 0.3) is 28.6 Å². The number of hydrogen-bond donors (Lipinski definition) is 1. The number of nitrogens with zero attached hydrogens (tertiary/aromatic N) is 2. The lowest BCUT2D eigenvalue weighted by Crippen LogP contribution is -1.97. The molecule has 0 radical (unpaired) electrons. The molecule has 0 aliphatic rings. The van der Waals surface area contributed by atoms with Gasteiger partial charge >= 0.3 is 0 Å². The SMILES string of the molecule is C=CCOc1ccc(-c2ccc(-c3ccc(/C=C/CCCC(C)O)cc3)nn2)cc1. The summed E-state index contributed by atoms with van der Waals surface area (Å²) in [6.45, 7) is 5.97. The molecular formula is C26H28N2O2. The fraction of sp³-hybridized carbons (Fsp3) is 0.231. The number of hydrogen-bond acceptors (Lipinski definition) is 4. The minimum Gasteiger partial charge on any atom is -0.490 e. The van der Waals surface area contributed by atoms with Crippen molar-refractivity contribution in [1.29, 1.82) is 0 Å². The number of allylic oxidation sites excluding steroid dienone is 1. The molecule has 0 bridgehead atoms. The fourth-order valence-electron chi connectivity index (χ4n) is 3.03. The van der Waals surface area contributed by atoms with Crippen molar-refractivity contribution in [2.45, 2.75) is 32.3 Å². The van der Waals surface area contributed by atoms with E-state index in [4.69, 9.17) is 4.74 Å². The molecule has 0 aliphatic carbocycles. The fourth-order valence-corrected chi connectivity index (χ4v) is 3.03. The average molecular weight is 401 g/mol. The van der Waals surface area contributed by atoms with Crippen LogP contribution in [0.15, 0.2) is 79.4 Å². The molecule has 0 saturated heterocycles. The molecule has 4 heteroatoms. The number of aliphatic hydroxyl groups excluding tert-OH is 1. The van der Waals surface area contributed by atoms with Crippen molar-refractivity contribution in [3.63, 3.8) is 0 Å². The summed E-state index contributed by atoms with van der Waals surface area (Å²) in [6.07, 6.45) is 8.58. The van der Waals surface area contributed by atoms with Crippen molar-refractivity contribution >= 4 is 6.08 Å². The van der Waals surface area contributed by atoms with Crippen molar-refractivity contribution in [2.75, 3.05) is 6.61 Å². The Morgan fingerprint density at radius 1 is 0.933 bits per heavy atom. The minimum atomic E-state index is -0.221. The van der Waals surface area contributed by atoms with Crippen LogP contribution in [-0.4, -0.2) is 28.0 Å². The molecule has 0 fully saturated rings. The molecule has 1 unspecified atom stereocenters. The highest BCUT2D eigenvalue weighted by Gasteiger charge is 2.04. The van der Waals surface area contributed by atoms with Crippen LogP contribution >= 0.6 is 0 Å². The van der Waals surface area contributed by atoms with E-state index in [1.54, 1.807) is 6.08 Å². The Morgan fingerprint density at radius 3 is 2.07 bits per heavy atom. The van der Waals surface area contributed by atoms with E-state index in [2.05, 4.69) is 53.2 Å². The van der Waals surface area contributed by atoms with E-state index in [1.807, 2.05) is 43.3 Å². The molecule has 1 N–H and O–H groups in total. The molecule has 154 valence electrons.